The minimum atomic E-state index is -0.240. The molecule has 0 aromatic heterocycles. The first kappa shape index (κ1) is 9.77. The number of nitrogens with zero attached hydrogens (tertiary/aromatic N) is 2. The summed E-state index contributed by atoms with van der Waals surface area (Å²) < 4.78 is 0. The van der Waals surface area contributed by atoms with E-state index in [4.69, 9.17) is 5.73 Å². The predicted molar refractivity (Wildman–Crippen MR) is 52.6 cm³/mol. The van der Waals surface area contributed by atoms with Gasteiger partial charge in [-0.1, -0.05) is 19.4 Å². The molecule has 2 N–H and O–H groups in total. The van der Waals surface area contributed by atoms with E-state index < -0.39 is 0 Å². The number of urea groups is 1. The molecule has 4 nitrogen and oxygen atoms in total. The van der Waals surface area contributed by atoms with Crippen LogP contribution < -0.4 is 5.73 Å². The number of amides is 2. The third-order valence-corrected chi connectivity index (χ3v) is 2.08. The molecule has 2 amide bonds. The molecular formula is C9H15N3O. The van der Waals surface area contributed by atoms with Crippen LogP contribution in [0.5, 0.6) is 0 Å². The first-order valence-electron chi connectivity index (χ1n) is 4.46. The average molecular weight is 181 g/mol. The van der Waals surface area contributed by atoms with E-state index in [-0.39, 0.29) is 12.1 Å². The van der Waals surface area contributed by atoms with Gasteiger partial charge >= 0.3 is 6.03 Å². The summed E-state index contributed by atoms with van der Waals surface area (Å²) >= 11 is 0. The number of aliphatic imine (C=N–C) groups is 1. The molecule has 0 saturated carbocycles. The zero-order valence-corrected chi connectivity index (χ0v) is 7.86. The molecule has 0 aliphatic carbocycles. The van der Waals surface area contributed by atoms with E-state index >= 15 is 0 Å². The van der Waals surface area contributed by atoms with E-state index in [0.29, 0.717) is 12.4 Å². The lowest BCUT2D eigenvalue weighted by molar-refractivity contribution is 0.210. The molecule has 4 heteroatoms. The molecule has 0 spiro atoms. The Hall–Kier alpha value is -1.32. The van der Waals surface area contributed by atoms with Gasteiger partial charge in [0, 0.05) is 6.54 Å². The predicted octanol–water partition coefficient (Wildman–Crippen LogP) is 1.13. The van der Waals surface area contributed by atoms with Crippen molar-refractivity contribution in [3.8, 4) is 0 Å². The summed E-state index contributed by atoms with van der Waals surface area (Å²) in [4.78, 5) is 16.6. The Bertz CT molecular complexity index is 247. The maximum Gasteiger partial charge on any atom is 0.346 e. The summed E-state index contributed by atoms with van der Waals surface area (Å²) in [6.45, 7) is 6.17. The number of carbonyl (C=O) groups is 1. The van der Waals surface area contributed by atoms with E-state index in [2.05, 4.69) is 18.5 Å². The van der Waals surface area contributed by atoms with Crippen LogP contribution in [0.3, 0.4) is 0 Å². The van der Waals surface area contributed by atoms with Crippen LogP contribution in [0.15, 0.2) is 17.6 Å². The average Bonchev–Trinajstić information content (AvgIpc) is 2.33. The van der Waals surface area contributed by atoms with Crippen molar-refractivity contribution in [3.63, 3.8) is 0 Å². The maximum absolute atomic E-state index is 11.3. The van der Waals surface area contributed by atoms with Gasteiger partial charge in [-0.3, -0.25) is 0 Å². The number of carbonyl (C=O) groups excluding carboxylic acids is 1. The Labute approximate surface area is 78.1 Å². The highest BCUT2D eigenvalue weighted by Gasteiger charge is 2.31. The zero-order chi connectivity index (χ0) is 9.84. The fourth-order valence-corrected chi connectivity index (χ4v) is 1.46. The second kappa shape index (κ2) is 4.07. The van der Waals surface area contributed by atoms with Crippen molar-refractivity contribution in [3.05, 3.63) is 12.7 Å². The van der Waals surface area contributed by atoms with Crippen molar-refractivity contribution < 1.29 is 4.79 Å². The third-order valence-electron chi connectivity index (χ3n) is 2.08. The van der Waals surface area contributed by atoms with Gasteiger partial charge in [-0.15, -0.1) is 6.58 Å². The number of hydrogen-bond donors (Lipinski definition) is 1. The van der Waals surface area contributed by atoms with Crippen molar-refractivity contribution in [1.82, 2.24) is 4.90 Å². The van der Waals surface area contributed by atoms with E-state index in [1.807, 2.05) is 0 Å². The van der Waals surface area contributed by atoms with Crippen LogP contribution in [-0.4, -0.2) is 29.4 Å². The van der Waals surface area contributed by atoms with Crippen molar-refractivity contribution in [2.45, 2.75) is 25.8 Å². The minimum Gasteiger partial charge on any atom is -0.385 e. The summed E-state index contributed by atoms with van der Waals surface area (Å²) in [6.07, 6.45) is 3.55. The van der Waals surface area contributed by atoms with Crippen LogP contribution in [0.4, 0.5) is 4.79 Å². The van der Waals surface area contributed by atoms with Crippen LogP contribution in [0.25, 0.3) is 0 Å². The Morgan fingerprint density at radius 2 is 2.46 bits per heavy atom. The topological polar surface area (TPSA) is 58.7 Å². The summed E-state index contributed by atoms with van der Waals surface area (Å²) in [5.41, 5.74) is 5.63. The molecule has 0 aromatic carbocycles. The Balaban J connectivity index is 2.71. The smallest absolute Gasteiger partial charge is 0.346 e. The molecule has 1 unspecified atom stereocenters. The van der Waals surface area contributed by atoms with Crippen LogP contribution in [-0.2, 0) is 0 Å². The third kappa shape index (κ3) is 1.88. The van der Waals surface area contributed by atoms with Crippen LogP contribution in [0.2, 0.25) is 0 Å². The summed E-state index contributed by atoms with van der Waals surface area (Å²) in [7, 11) is 0. The van der Waals surface area contributed by atoms with Gasteiger partial charge in [0.2, 0.25) is 0 Å². The van der Waals surface area contributed by atoms with Gasteiger partial charge < -0.3 is 10.6 Å². The number of amidine groups is 1. The monoisotopic (exact) mass is 181 g/mol. The van der Waals surface area contributed by atoms with E-state index in [1.54, 1.807) is 11.0 Å². The highest BCUT2D eigenvalue weighted by Crippen LogP contribution is 2.15. The fourth-order valence-electron chi connectivity index (χ4n) is 1.46. The lowest BCUT2D eigenvalue weighted by Gasteiger charge is -2.21. The van der Waals surface area contributed by atoms with Gasteiger partial charge in [-0.25, -0.2) is 4.79 Å². The van der Waals surface area contributed by atoms with Crippen LogP contribution in [0.1, 0.15) is 19.8 Å². The lowest BCUT2D eigenvalue weighted by Crippen LogP contribution is -2.40. The summed E-state index contributed by atoms with van der Waals surface area (Å²) in [5, 5.41) is 0. The molecule has 0 fully saturated rings. The van der Waals surface area contributed by atoms with Gasteiger partial charge in [0.1, 0.15) is 5.84 Å². The van der Waals surface area contributed by atoms with E-state index in [9.17, 15) is 4.79 Å². The highest BCUT2D eigenvalue weighted by atomic mass is 16.2. The normalized spacial score (nSPS) is 21.9. The molecule has 0 saturated heterocycles. The summed E-state index contributed by atoms with van der Waals surface area (Å²) in [6, 6.07) is -0.258. The molecule has 0 bridgehead atoms. The molecule has 0 aromatic rings. The van der Waals surface area contributed by atoms with E-state index in [1.165, 1.54) is 0 Å². The van der Waals surface area contributed by atoms with Gasteiger partial charge in [-0.05, 0) is 6.42 Å². The zero-order valence-electron chi connectivity index (χ0n) is 7.86. The first-order valence-corrected chi connectivity index (χ1v) is 4.46. The van der Waals surface area contributed by atoms with Crippen molar-refractivity contribution in [1.29, 1.82) is 0 Å². The maximum atomic E-state index is 11.3. The van der Waals surface area contributed by atoms with Crippen LogP contribution >= 0.6 is 0 Å². The van der Waals surface area contributed by atoms with Crippen molar-refractivity contribution in [2.24, 2.45) is 10.7 Å². The standard InChI is InChI=1S/C9H15N3O/c1-3-5-7-8(10)11-9(13)12(7)6-4-2/h4,7H,2-3,5-6H2,1H3,(H2,10,11,13). The van der Waals surface area contributed by atoms with Gasteiger partial charge in [0.15, 0.2) is 0 Å². The second-order valence-corrected chi connectivity index (χ2v) is 3.06. The Kier molecular flexibility index (Phi) is 3.06. The largest absolute Gasteiger partial charge is 0.385 e. The molecule has 1 aliphatic rings. The molecule has 1 aliphatic heterocycles. The van der Waals surface area contributed by atoms with E-state index in [0.717, 1.165) is 12.8 Å². The second-order valence-electron chi connectivity index (χ2n) is 3.06. The quantitative estimate of drug-likeness (QED) is 0.661. The van der Waals surface area contributed by atoms with Gasteiger partial charge in [-0.2, -0.15) is 4.99 Å². The number of rotatable bonds is 4. The molecule has 1 atom stereocenters. The molecule has 13 heavy (non-hydrogen) atoms. The number of hydrogen-bond acceptors (Lipinski definition) is 2. The fraction of sp³-hybridized carbons (Fsp3) is 0.556. The Morgan fingerprint density at radius 1 is 1.77 bits per heavy atom. The Morgan fingerprint density at radius 3 is 3.00 bits per heavy atom. The minimum absolute atomic E-state index is 0.0181. The summed E-state index contributed by atoms with van der Waals surface area (Å²) in [5.74, 6) is 0.439. The first-order chi connectivity index (χ1) is 6.20. The lowest BCUT2D eigenvalue weighted by atomic mass is 10.1. The number of nitrogens with two attached hydrogens (primary N) is 1. The molecule has 0 radical (unpaired) electrons. The molecular weight excluding hydrogens is 166 g/mol. The molecule has 1 heterocycles. The van der Waals surface area contributed by atoms with Crippen molar-refractivity contribution >= 4 is 11.9 Å². The molecule has 72 valence electrons. The SMILES string of the molecule is C=CCN1C(=O)N=C(N)C1CCC. The van der Waals surface area contributed by atoms with Gasteiger partial charge in [0.05, 0.1) is 6.04 Å². The van der Waals surface area contributed by atoms with Crippen LogP contribution in [0, 0.1) is 0 Å². The molecule has 1 rings (SSSR count). The van der Waals surface area contributed by atoms with Gasteiger partial charge in [0.25, 0.3) is 0 Å². The van der Waals surface area contributed by atoms with Crippen molar-refractivity contribution in [2.75, 3.05) is 6.54 Å². The highest BCUT2D eigenvalue weighted by molar-refractivity contribution is 6.02.